The summed E-state index contributed by atoms with van der Waals surface area (Å²) in [6.07, 6.45) is -0.404. The first-order valence-corrected chi connectivity index (χ1v) is 20.2. The van der Waals surface area contributed by atoms with E-state index in [0.29, 0.717) is 11.7 Å². The van der Waals surface area contributed by atoms with Gasteiger partial charge in [0.15, 0.2) is 5.84 Å². The lowest BCUT2D eigenvalue weighted by Crippen LogP contribution is -2.33. The molecule has 11 aromatic rings. The monoisotopic (exact) mass is 769 g/mol. The molecule has 9 aromatic carbocycles. The molecule has 5 heteroatoms. The Hall–Kier alpha value is -8.02. The Balaban J connectivity index is 1.10. The van der Waals surface area contributed by atoms with Crippen LogP contribution in [0.3, 0.4) is 0 Å². The van der Waals surface area contributed by atoms with Crippen LogP contribution in [-0.4, -0.2) is 11.7 Å². The summed E-state index contributed by atoms with van der Waals surface area (Å²) in [6.45, 7) is 0. The Labute approximate surface area is 345 Å². The van der Waals surface area contributed by atoms with Gasteiger partial charge in [-0.1, -0.05) is 140 Å². The standard InChI is InChI=1S/C55H35N3O2/c1-4-14-34(15-5-1)40-26-41(35-16-6-2-7-17-35)28-43(27-40)54-56-53(36-18-8-3-9-19-36)57-55(58-54)47-30-42(39-24-25-45-44-22-12-13-23-48(44)59-49(45)32-39)33-51-52(47)46-29-37-20-10-11-21-38(37)31-50(46)60-51/h1-33,53H,(H,56,57,58). The van der Waals surface area contributed by atoms with Crippen LogP contribution in [0.15, 0.2) is 219 Å². The van der Waals surface area contributed by atoms with Gasteiger partial charge in [-0.3, -0.25) is 0 Å². The quantitative estimate of drug-likeness (QED) is 0.183. The van der Waals surface area contributed by atoms with E-state index in [0.717, 1.165) is 105 Å². The predicted molar refractivity (Wildman–Crippen MR) is 247 cm³/mol. The van der Waals surface area contributed by atoms with Crippen LogP contribution in [0.2, 0.25) is 0 Å². The van der Waals surface area contributed by atoms with Gasteiger partial charge in [-0.15, -0.1) is 0 Å². The van der Waals surface area contributed by atoms with E-state index in [9.17, 15) is 0 Å². The fourth-order valence-corrected chi connectivity index (χ4v) is 8.72. The van der Waals surface area contributed by atoms with Gasteiger partial charge in [0.2, 0.25) is 0 Å². The van der Waals surface area contributed by atoms with Gasteiger partial charge < -0.3 is 14.2 Å². The van der Waals surface area contributed by atoms with Crippen LogP contribution >= 0.6 is 0 Å². The maximum atomic E-state index is 6.81. The van der Waals surface area contributed by atoms with Crippen molar-refractivity contribution in [3.63, 3.8) is 0 Å². The summed E-state index contributed by atoms with van der Waals surface area (Å²) in [6, 6.07) is 69.9. The lowest BCUT2D eigenvalue weighted by atomic mass is 9.95. The zero-order chi connectivity index (χ0) is 39.6. The molecule has 0 fully saturated rings. The average molecular weight is 770 g/mol. The van der Waals surface area contributed by atoms with Crippen molar-refractivity contribution in [2.24, 2.45) is 9.98 Å². The van der Waals surface area contributed by atoms with Crippen LogP contribution in [0.4, 0.5) is 0 Å². The van der Waals surface area contributed by atoms with Crippen molar-refractivity contribution in [2.75, 3.05) is 0 Å². The van der Waals surface area contributed by atoms with Crippen molar-refractivity contribution in [3.8, 4) is 33.4 Å². The number of hydrogen-bond donors (Lipinski definition) is 1. The zero-order valence-electron chi connectivity index (χ0n) is 32.3. The molecule has 0 saturated carbocycles. The molecule has 0 radical (unpaired) electrons. The molecule has 0 bridgehead atoms. The van der Waals surface area contributed by atoms with E-state index in [4.69, 9.17) is 18.8 Å². The number of aliphatic imine (C=N–C) groups is 2. The zero-order valence-corrected chi connectivity index (χ0v) is 32.3. The molecule has 1 aliphatic heterocycles. The maximum Gasteiger partial charge on any atom is 0.159 e. The number of rotatable bonds is 6. The Morgan fingerprint density at radius 3 is 1.70 bits per heavy atom. The molecule has 5 nitrogen and oxygen atoms in total. The van der Waals surface area contributed by atoms with Gasteiger partial charge in [0.05, 0.1) is 0 Å². The van der Waals surface area contributed by atoms with Gasteiger partial charge in [-0.2, -0.15) is 0 Å². The van der Waals surface area contributed by atoms with E-state index in [2.05, 4.69) is 187 Å². The summed E-state index contributed by atoms with van der Waals surface area (Å²) in [5.74, 6) is 1.36. The summed E-state index contributed by atoms with van der Waals surface area (Å²) < 4.78 is 13.2. The van der Waals surface area contributed by atoms with Gasteiger partial charge in [0, 0.05) is 32.7 Å². The third-order valence-corrected chi connectivity index (χ3v) is 11.7. The van der Waals surface area contributed by atoms with E-state index >= 15 is 0 Å². The van der Waals surface area contributed by atoms with E-state index in [1.165, 1.54) is 0 Å². The second kappa shape index (κ2) is 13.8. The smallest absolute Gasteiger partial charge is 0.159 e. The minimum absolute atomic E-state index is 0.404. The minimum Gasteiger partial charge on any atom is -0.456 e. The maximum absolute atomic E-state index is 6.81. The first-order chi connectivity index (χ1) is 29.7. The number of nitrogens with zero attached hydrogens (tertiary/aromatic N) is 2. The van der Waals surface area contributed by atoms with E-state index in [-0.39, 0.29) is 0 Å². The summed E-state index contributed by atoms with van der Waals surface area (Å²) >= 11 is 0. The Morgan fingerprint density at radius 1 is 0.383 bits per heavy atom. The summed E-state index contributed by atoms with van der Waals surface area (Å²) in [5.41, 5.74) is 12.7. The molecule has 1 unspecified atom stereocenters. The van der Waals surface area contributed by atoms with Crippen molar-refractivity contribution in [2.45, 2.75) is 6.17 Å². The second-order valence-electron chi connectivity index (χ2n) is 15.4. The van der Waals surface area contributed by atoms with Gasteiger partial charge in [0.25, 0.3) is 0 Å². The van der Waals surface area contributed by atoms with E-state index < -0.39 is 6.17 Å². The van der Waals surface area contributed by atoms with Crippen LogP contribution in [0.5, 0.6) is 0 Å². The fourth-order valence-electron chi connectivity index (χ4n) is 8.72. The van der Waals surface area contributed by atoms with Crippen LogP contribution in [-0.2, 0) is 0 Å². The molecular formula is C55H35N3O2. The first-order valence-electron chi connectivity index (χ1n) is 20.2. The molecule has 282 valence electrons. The molecule has 0 saturated heterocycles. The summed E-state index contributed by atoms with van der Waals surface area (Å²) in [5, 5.41) is 10.3. The summed E-state index contributed by atoms with van der Waals surface area (Å²) in [4.78, 5) is 10.8. The highest BCUT2D eigenvalue weighted by molar-refractivity contribution is 6.24. The number of furan rings is 2. The fraction of sp³-hybridized carbons (Fsp3) is 0.0182. The number of fused-ring (bicyclic) bond motifs is 7. The highest BCUT2D eigenvalue weighted by atomic mass is 16.3. The molecule has 3 heterocycles. The molecule has 60 heavy (non-hydrogen) atoms. The molecule has 0 spiro atoms. The van der Waals surface area contributed by atoms with Gasteiger partial charge in [-0.25, -0.2) is 9.98 Å². The van der Waals surface area contributed by atoms with E-state index in [1.807, 2.05) is 18.2 Å². The lowest BCUT2D eigenvalue weighted by molar-refractivity contribution is 0.667. The van der Waals surface area contributed by atoms with Crippen LogP contribution in [0.1, 0.15) is 22.9 Å². The number of benzene rings is 9. The Kier molecular flexibility index (Phi) is 7.85. The van der Waals surface area contributed by atoms with Crippen molar-refractivity contribution >= 4 is 66.3 Å². The normalized spacial score (nSPS) is 14.2. The van der Waals surface area contributed by atoms with Crippen LogP contribution in [0, 0.1) is 0 Å². The third-order valence-electron chi connectivity index (χ3n) is 11.7. The topological polar surface area (TPSA) is 63.0 Å². The van der Waals surface area contributed by atoms with Gasteiger partial charge >= 0.3 is 0 Å². The van der Waals surface area contributed by atoms with Crippen molar-refractivity contribution < 1.29 is 8.83 Å². The highest BCUT2D eigenvalue weighted by Gasteiger charge is 2.26. The average Bonchev–Trinajstić information content (AvgIpc) is 3.88. The highest BCUT2D eigenvalue weighted by Crippen LogP contribution is 2.40. The molecule has 1 atom stereocenters. The number of hydrogen-bond acceptors (Lipinski definition) is 5. The minimum atomic E-state index is -0.404. The Morgan fingerprint density at radius 2 is 0.950 bits per heavy atom. The largest absolute Gasteiger partial charge is 0.456 e. The van der Waals surface area contributed by atoms with Gasteiger partial charge in [0.1, 0.15) is 34.3 Å². The second-order valence-corrected chi connectivity index (χ2v) is 15.4. The van der Waals surface area contributed by atoms with Crippen LogP contribution in [0.25, 0.3) is 88.0 Å². The van der Waals surface area contributed by atoms with Crippen molar-refractivity contribution in [1.82, 2.24) is 5.32 Å². The third kappa shape index (κ3) is 5.87. The number of para-hydroxylation sites is 1. The number of nitrogens with one attached hydrogen (secondary N) is 1. The van der Waals surface area contributed by atoms with Gasteiger partial charge in [-0.05, 0) is 110 Å². The van der Waals surface area contributed by atoms with Crippen molar-refractivity contribution in [1.29, 1.82) is 0 Å². The summed E-state index contributed by atoms with van der Waals surface area (Å²) in [7, 11) is 0. The van der Waals surface area contributed by atoms with Crippen molar-refractivity contribution in [3.05, 3.63) is 217 Å². The molecule has 12 rings (SSSR count). The first kappa shape index (κ1) is 34.1. The molecule has 0 aliphatic carbocycles. The lowest BCUT2D eigenvalue weighted by Gasteiger charge is -2.25. The molecule has 2 aromatic heterocycles. The molecule has 1 aliphatic rings. The van der Waals surface area contributed by atoms with Crippen LogP contribution < -0.4 is 5.32 Å². The molecule has 0 amide bonds. The van der Waals surface area contributed by atoms with E-state index in [1.54, 1.807) is 0 Å². The Bertz CT molecular complexity index is 3450. The molecular weight excluding hydrogens is 735 g/mol. The SMILES string of the molecule is c1ccc(-c2cc(C3=NC(c4ccccc4)NC(c4cc(-c5ccc6c(c5)oc5ccccc56)cc5oc6cc7ccccc7cc6c45)=N3)cc(-c3ccccc3)c2)cc1. The number of amidine groups is 2. The predicted octanol–water partition coefficient (Wildman–Crippen LogP) is 14.1. The molecule has 1 N–H and O–H groups in total.